The van der Waals surface area contributed by atoms with Crippen molar-refractivity contribution in [2.24, 2.45) is 0 Å². The first-order valence-corrected chi connectivity index (χ1v) is 8.92. The largest absolute Gasteiger partial charge is 0.503 e. The molecule has 1 atom stereocenters. The summed E-state index contributed by atoms with van der Waals surface area (Å²) in [5.74, 6) is 0.0579. The first-order chi connectivity index (χ1) is 10.9. The molecule has 0 unspecified atom stereocenters. The monoisotopic (exact) mass is 399 g/mol. The summed E-state index contributed by atoms with van der Waals surface area (Å²) in [6.45, 7) is 6.01. The van der Waals surface area contributed by atoms with Gasteiger partial charge in [-0.15, -0.1) is 0 Å². The Bertz CT molecular complexity index is 674. The van der Waals surface area contributed by atoms with Gasteiger partial charge >= 0.3 is 0 Å². The molecule has 1 aliphatic heterocycles. The van der Waals surface area contributed by atoms with Gasteiger partial charge in [0.2, 0.25) is 0 Å². The van der Waals surface area contributed by atoms with Crippen LogP contribution in [-0.2, 0) is 4.79 Å². The van der Waals surface area contributed by atoms with Gasteiger partial charge in [0, 0.05) is 6.04 Å². The van der Waals surface area contributed by atoms with Crippen LogP contribution in [0.5, 0.6) is 11.5 Å². The van der Waals surface area contributed by atoms with E-state index in [1.807, 2.05) is 20.8 Å². The van der Waals surface area contributed by atoms with E-state index in [0.717, 1.165) is 11.8 Å². The van der Waals surface area contributed by atoms with Gasteiger partial charge in [0.25, 0.3) is 11.1 Å². The smallest absolute Gasteiger partial charge is 0.293 e. The Balaban J connectivity index is 2.36. The molecule has 2 rings (SSSR count). The highest BCUT2D eigenvalue weighted by atomic mass is 79.9. The summed E-state index contributed by atoms with van der Waals surface area (Å²) in [7, 11) is 0. The lowest BCUT2D eigenvalue weighted by Gasteiger charge is -2.19. The Morgan fingerprint density at radius 1 is 1.39 bits per heavy atom. The van der Waals surface area contributed by atoms with Crippen molar-refractivity contribution in [1.82, 2.24) is 4.90 Å². The molecule has 5 nitrogen and oxygen atoms in total. The topological polar surface area (TPSA) is 66.8 Å². The summed E-state index contributed by atoms with van der Waals surface area (Å²) in [6, 6.07) is 3.19. The molecule has 0 bridgehead atoms. The molecule has 23 heavy (non-hydrogen) atoms. The number of hydrogen-bond donors (Lipinski definition) is 1. The fourth-order valence-corrected chi connectivity index (χ4v) is 3.53. The van der Waals surface area contributed by atoms with Crippen LogP contribution in [0.15, 0.2) is 21.5 Å². The maximum Gasteiger partial charge on any atom is 0.293 e. The summed E-state index contributed by atoms with van der Waals surface area (Å²) in [5, 5.41) is 9.68. The molecule has 0 saturated carbocycles. The number of phenolic OH excluding ortho intramolecular Hbond substituents is 1. The van der Waals surface area contributed by atoms with Gasteiger partial charge in [0.05, 0.1) is 16.0 Å². The minimum atomic E-state index is -0.281. The number of carbonyl (C=O) groups is 2. The maximum atomic E-state index is 12.4. The molecule has 1 aliphatic rings. The number of amides is 2. The molecule has 1 saturated heterocycles. The molecule has 1 N–H and O–H groups in total. The number of hydrogen-bond acceptors (Lipinski definition) is 5. The van der Waals surface area contributed by atoms with Crippen molar-refractivity contribution < 1.29 is 19.4 Å². The van der Waals surface area contributed by atoms with Crippen molar-refractivity contribution in [2.75, 3.05) is 6.61 Å². The van der Waals surface area contributed by atoms with E-state index in [1.54, 1.807) is 18.2 Å². The quantitative estimate of drug-likeness (QED) is 0.743. The van der Waals surface area contributed by atoms with Gasteiger partial charge in [0.15, 0.2) is 11.5 Å². The van der Waals surface area contributed by atoms with Crippen molar-refractivity contribution in [3.8, 4) is 11.5 Å². The Labute approximate surface area is 147 Å². The van der Waals surface area contributed by atoms with Crippen LogP contribution in [-0.4, -0.2) is 33.8 Å². The summed E-state index contributed by atoms with van der Waals surface area (Å²) >= 11 is 4.19. The number of halogens is 1. The summed E-state index contributed by atoms with van der Waals surface area (Å²) in [6.07, 6.45) is 2.35. The fourth-order valence-electron chi connectivity index (χ4n) is 2.14. The fraction of sp³-hybridized carbons (Fsp3) is 0.375. The first kappa shape index (κ1) is 17.9. The van der Waals surface area contributed by atoms with E-state index in [4.69, 9.17) is 4.74 Å². The third-order valence-electron chi connectivity index (χ3n) is 3.50. The van der Waals surface area contributed by atoms with Crippen LogP contribution in [0.4, 0.5) is 4.79 Å². The second-order valence-corrected chi connectivity index (χ2v) is 6.94. The highest BCUT2D eigenvalue weighted by Gasteiger charge is 2.37. The number of carbonyl (C=O) groups excluding carboxylic acids is 2. The zero-order chi connectivity index (χ0) is 17.1. The summed E-state index contributed by atoms with van der Waals surface area (Å²) in [5.41, 5.74) is 0.674. The average Bonchev–Trinajstić information content (AvgIpc) is 2.78. The third kappa shape index (κ3) is 3.72. The lowest BCUT2D eigenvalue weighted by Crippen LogP contribution is -2.36. The molecule has 124 valence electrons. The van der Waals surface area contributed by atoms with E-state index in [2.05, 4.69) is 15.9 Å². The molecule has 0 aliphatic carbocycles. The third-order valence-corrected chi connectivity index (χ3v) is 4.99. The van der Waals surface area contributed by atoms with E-state index >= 15 is 0 Å². The van der Waals surface area contributed by atoms with Crippen LogP contribution >= 0.6 is 27.7 Å². The Hall–Kier alpha value is -1.47. The van der Waals surface area contributed by atoms with Crippen LogP contribution in [0, 0.1) is 0 Å². The second kappa shape index (κ2) is 7.40. The van der Waals surface area contributed by atoms with Crippen molar-refractivity contribution in [3.05, 3.63) is 27.1 Å². The number of aromatic hydroxyl groups is 1. The molecule has 0 aromatic heterocycles. The van der Waals surface area contributed by atoms with E-state index in [9.17, 15) is 14.7 Å². The van der Waals surface area contributed by atoms with E-state index < -0.39 is 0 Å². The Morgan fingerprint density at radius 3 is 2.70 bits per heavy atom. The minimum Gasteiger partial charge on any atom is -0.503 e. The minimum absolute atomic E-state index is 0.0108. The molecule has 0 radical (unpaired) electrons. The van der Waals surface area contributed by atoms with Gasteiger partial charge < -0.3 is 9.84 Å². The van der Waals surface area contributed by atoms with Gasteiger partial charge in [-0.25, -0.2) is 0 Å². The predicted octanol–water partition coefficient (Wildman–Crippen LogP) is 4.39. The van der Waals surface area contributed by atoms with Gasteiger partial charge in [-0.05, 0) is 71.7 Å². The predicted molar refractivity (Wildman–Crippen MR) is 94.5 cm³/mol. The maximum absolute atomic E-state index is 12.4. The molecule has 1 heterocycles. The van der Waals surface area contributed by atoms with E-state index in [0.29, 0.717) is 33.7 Å². The number of imide groups is 1. The SMILES string of the molecule is CCOc1cc(/C=C2/SC(=O)N([C@@H](C)CC)C2=O)cc(Br)c1O. The van der Waals surface area contributed by atoms with Crippen molar-refractivity contribution in [3.63, 3.8) is 0 Å². The highest BCUT2D eigenvalue weighted by molar-refractivity contribution is 9.10. The standard InChI is InChI=1S/C16H18BrNO4S/c1-4-9(3)18-15(20)13(23-16(18)21)8-10-6-11(17)14(19)12(7-10)22-5-2/h6-9,19H,4-5H2,1-3H3/b13-8+/t9-/m0/s1. The van der Waals surface area contributed by atoms with Gasteiger partial charge in [-0.1, -0.05) is 6.92 Å². The number of ether oxygens (including phenoxy) is 1. The molecule has 0 spiro atoms. The van der Waals surface area contributed by atoms with Crippen LogP contribution in [0.25, 0.3) is 6.08 Å². The van der Waals surface area contributed by atoms with Crippen LogP contribution < -0.4 is 4.74 Å². The number of rotatable bonds is 5. The number of nitrogens with zero attached hydrogens (tertiary/aromatic N) is 1. The molecule has 7 heteroatoms. The number of benzene rings is 1. The molecule has 2 amide bonds. The van der Waals surface area contributed by atoms with Gasteiger partial charge in [-0.2, -0.15) is 0 Å². The molecule has 1 fully saturated rings. The van der Waals surface area contributed by atoms with Crippen LogP contribution in [0.3, 0.4) is 0 Å². The Morgan fingerprint density at radius 2 is 2.09 bits per heavy atom. The van der Waals surface area contributed by atoms with E-state index in [1.165, 1.54) is 4.90 Å². The van der Waals surface area contributed by atoms with Crippen molar-refractivity contribution >= 4 is 44.9 Å². The summed E-state index contributed by atoms with van der Waals surface area (Å²) < 4.78 is 5.84. The van der Waals surface area contributed by atoms with Gasteiger partial charge in [-0.3, -0.25) is 14.5 Å². The van der Waals surface area contributed by atoms with Crippen LogP contribution in [0.1, 0.15) is 32.8 Å². The number of thioether (sulfide) groups is 1. The van der Waals surface area contributed by atoms with Crippen molar-refractivity contribution in [2.45, 2.75) is 33.2 Å². The van der Waals surface area contributed by atoms with E-state index in [-0.39, 0.29) is 22.9 Å². The average molecular weight is 400 g/mol. The number of phenols is 1. The molecule has 1 aromatic rings. The molecular weight excluding hydrogens is 382 g/mol. The lowest BCUT2D eigenvalue weighted by molar-refractivity contribution is -0.124. The second-order valence-electron chi connectivity index (χ2n) is 5.09. The first-order valence-electron chi connectivity index (χ1n) is 7.31. The Kier molecular flexibility index (Phi) is 5.75. The zero-order valence-corrected chi connectivity index (χ0v) is 15.5. The normalized spacial score (nSPS) is 17.9. The van der Waals surface area contributed by atoms with Crippen LogP contribution in [0.2, 0.25) is 0 Å². The zero-order valence-electron chi connectivity index (χ0n) is 13.1. The van der Waals surface area contributed by atoms with Crippen molar-refractivity contribution in [1.29, 1.82) is 0 Å². The highest BCUT2D eigenvalue weighted by Crippen LogP contribution is 2.38. The molecule has 1 aromatic carbocycles. The molecular formula is C16H18BrNO4S. The lowest BCUT2D eigenvalue weighted by atomic mass is 10.1. The summed E-state index contributed by atoms with van der Waals surface area (Å²) in [4.78, 5) is 26.1. The van der Waals surface area contributed by atoms with Gasteiger partial charge in [0.1, 0.15) is 0 Å².